The van der Waals surface area contributed by atoms with Crippen molar-refractivity contribution in [2.75, 3.05) is 5.32 Å². The van der Waals surface area contributed by atoms with Crippen LogP contribution in [0, 0.1) is 6.92 Å². The molecule has 2 aromatic rings. The Morgan fingerprint density at radius 2 is 1.95 bits per heavy atom. The Bertz CT molecular complexity index is 612. The van der Waals surface area contributed by atoms with E-state index in [2.05, 4.69) is 10.5 Å². The van der Waals surface area contributed by atoms with E-state index in [1.807, 2.05) is 6.92 Å². The highest BCUT2D eigenvalue weighted by Gasteiger charge is 2.12. The minimum Gasteiger partial charge on any atom is -0.459 e. The predicted molar refractivity (Wildman–Crippen MR) is 71.8 cm³/mol. The van der Waals surface area contributed by atoms with Gasteiger partial charge in [0, 0.05) is 11.3 Å². The van der Waals surface area contributed by atoms with Crippen LogP contribution < -0.4 is 5.32 Å². The molecule has 0 aliphatic rings. The fraction of sp³-hybridized carbons (Fsp3) is 0.143. The summed E-state index contributed by atoms with van der Waals surface area (Å²) >= 11 is 0. The minimum atomic E-state index is -0.289. The molecule has 1 aromatic heterocycles. The Kier molecular flexibility index (Phi) is 3.66. The molecule has 19 heavy (non-hydrogen) atoms. The summed E-state index contributed by atoms with van der Waals surface area (Å²) in [5.74, 6) is 0.0139. The lowest BCUT2D eigenvalue weighted by atomic mass is 10.1. The molecule has 1 heterocycles. The van der Waals surface area contributed by atoms with Crippen LogP contribution in [0.25, 0.3) is 0 Å². The van der Waals surface area contributed by atoms with E-state index in [-0.39, 0.29) is 5.91 Å². The Morgan fingerprint density at radius 1 is 1.26 bits per heavy atom. The van der Waals surface area contributed by atoms with Gasteiger partial charge in [0.05, 0.1) is 12.0 Å². The molecule has 0 fully saturated rings. The van der Waals surface area contributed by atoms with Gasteiger partial charge in [-0.3, -0.25) is 4.79 Å². The summed E-state index contributed by atoms with van der Waals surface area (Å²) in [5.41, 5.74) is 2.74. The Morgan fingerprint density at radius 3 is 2.47 bits per heavy atom. The molecule has 2 rings (SSSR count). The maximum Gasteiger partial charge on any atom is 0.291 e. The highest BCUT2D eigenvalue weighted by atomic mass is 16.4. The van der Waals surface area contributed by atoms with Crippen LogP contribution in [0.2, 0.25) is 0 Å². The van der Waals surface area contributed by atoms with Gasteiger partial charge < -0.3 is 14.9 Å². The number of furan rings is 1. The molecule has 0 spiro atoms. The average Bonchev–Trinajstić information content (AvgIpc) is 2.85. The van der Waals surface area contributed by atoms with Crippen LogP contribution in [0.3, 0.4) is 0 Å². The van der Waals surface area contributed by atoms with E-state index in [9.17, 15) is 4.79 Å². The number of rotatable bonds is 3. The number of hydrogen-bond donors (Lipinski definition) is 2. The van der Waals surface area contributed by atoms with Crippen molar-refractivity contribution in [1.82, 2.24) is 0 Å². The molecule has 0 atom stereocenters. The smallest absolute Gasteiger partial charge is 0.291 e. The maximum absolute atomic E-state index is 11.9. The second-order valence-corrected chi connectivity index (χ2v) is 4.15. The van der Waals surface area contributed by atoms with Crippen molar-refractivity contribution >= 4 is 17.3 Å². The molecule has 0 saturated carbocycles. The van der Waals surface area contributed by atoms with Gasteiger partial charge in [0.2, 0.25) is 0 Å². The second-order valence-electron chi connectivity index (χ2n) is 4.15. The van der Waals surface area contributed by atoms with Gasteiger partial charge in [-0.2, -0.15) is 0 Å². The van der Waals surface area contributed by atoms with Gasteiger partial charge >= 0.3 is 0 Å². The number of nitrogens with zero attached hydrogens (tertiary/aromatic N) is 1. The van der Waals surface area contributed by atoms with E-state index in [1.165, 1.54) is 6.26 Å². The summed E-state index contributed by atoms with van der Waals surface area (Å²) in [6.45, 7) is 3.50. The van der Waals surface area contributed by atoms with E-state index in [0.29, 0.717) is 17.2 Å². The molecule has 1 aromatic carbocycles. The van der Waals surface area contributed by atoms with Crippen molar-refractivity contribution in [3.63, 3.8) is 0 Å². The van der Waals surface area contributed by atoms with Crippen molar-refractivity contribution in [3.05, 3.63) is 53.5 Å². The maximum atomic E-state index is 11.9. The molecule has 0 unspecified atom stereocenters. The van der Waals surface area contributed by atoms with Crippen molar-refractivity contribution in [3.8, 4) is 0 Å². The topological polar surface area (TPSA) is 74.8 Å². The molecule has 2 N–H and O–H groups in total. The number of hydrogen-bond acceptors (Lipinski definition) is 4. The highest BCUT2D eigenvalue weighted by molar-refractivity contribution is 6.03. The van der Waals surface area contributed by atoms with Crippen LogP contribution in [0.5, 0.6) is 0 Å². The third kappa shape index (κ3) is 2.82. The van der Waals surface area contributed by atoms with Crippen LogP contribution in [0.4, 0.5) is 5.69 Å². The normalized spacial score (nSPS) is 11.4. The molecule has 98 valence electrons. The lowest BCUT2D eigenvalue weighted by molar-refractivity contribution is 0.0996. The summed E-state index contributed by atoms with van der Waals surface area (Å²) in [5, 5.41) is 14.5. The quantitative estimate of drug-likeness (QED) is 0.504. The van der Waals surface area contributed by atoms with Crippen molar-refractivity contribution in [2.45, 2.75) is 13.8 Å². The van der Waals surface area contributed by atoms with Gasteiger partial charge in [-0.15, -0.1) is 0 Å². The first-order chi connectivity index (χ1) is 9.11. The van der Waals surface area contributed by atoms with Crippen molar-refractivity contribution in [1.29, 1.82) is 0 Å². The molecule has 5 heteroatoms. The van der Waals surface area contributed by atoms with Crippen molar-refractivity contribution in [2.24, 2.45) is 5.16 Å². The average molecular weight is 258 g/mol. The van der Waals surface area contributed by atoms with Gasteiger partial charge in [-0.05, 0) is 37.6 Å². The van der Waals surface area contributed by atoms with E-state index in [1.54, 1.807) is 37.3 Å². The number of carbonyl (C=O) groups is 1. The molecule has 0 bridgehead atoms. The van der Waals surface area contributed by atoms with Gasteiger partial charge in [0.25, 0.3) is 5.91 Å². The Labute approximate surface area is 110 Å². The van der Waals surface area contributed by atoms with Gasteiger partial charge in [-0.1, -0.05) is 17.3 Å². The highest BCUT2D eigenvalue weighted by Crippen LogP contribution is 2.14. The summed E-state index contributed by atoms with van der Waals surface area (Å²) in [6.07, 6.45) is 1.48. The Hall–Kier alpha value is -2.56. The molecule has 0 radical (unpaired) electrons. The summed E-state index contributed by atoms with van der Waals surface area (Å²) in [4.78, 5) is 11.9. The number of anilines is 1. The van der Waals surface area contributed by atoms with Gasteiger partial charge in [0.1, 0.15) is 0 Å². The molecule has 5 nitrogen and oxygen atoms in total. The van der Waals surface area contributed by atoms with Crippen LogP contribution in [-0.4, -0.2) is 16.8 Å². The number of carbonyl (C=O) groups excluding carboxylic acids is 1. The number of nitrogens with one attached hydrogen (secondary N) is 1. The molecular weight excluding hydrogens is 244 g/mol. The Balaban J connectivity index is 2.12. The molecule has 1 amide bonds. The van der Waals surface area contributed by atoms with Crippen LogP contribution in [0.1, 0.15) is 28.6 Å². The fourth-order valence-corrected chi connectivity index (χ4v) is 1.65. The zero-order valence-electron chi connectivity index (χ0n) is 10.7. The summed E-state index contributed by atoms with van der Waals surface area (Å²) < 4.78 is 5.11. The number of amides is 1. The zero-order valence-corrected chi connectivity index (χ0v) is 10.7. The minimum absolute atomic E-state index is 0.289. The third-order valence-corrected chi connectivity index (χ3v) is 2.78. The molecule has 0 aliphatic heterocycles. The first-order valence-electron chi connectivity index (χ1n) is 5.76. The van der Waals surface area contributed by atoms with Crippen LogP contribution in [0.15, 0.2) is 46.2 Å². The monoisotopic (exact) mass is 258 g/mol. The number of aryl methyl sites for hydroxylation is 1. The van der Waals surface area contributed by atoms with Crippen molar-refractivity contribution < 1.29 is 14.4 Å². The molecule has 0 aliphatic carbocycles. The number of benzene rings is 1. The first-order valence-corrected chi connectivity index (χ1v) is 5.76. The molecular formula is C14H14N2O3. The van der Waals surface area contributed by atoms with Crippen LogP contribution >= 0.6 is 0 Å². The standard InChI is InChI=1S/C14H14N2O3/c1-9-7-8-19-13(9)14(17)15-12-5-3-11(4-6-12)10(2)16-18/h3-8,18H,1-2H3,(H,15,17)/b16-10+. The third-order valence-electron chi connectivity index (χ3n) is 2.78. The number of oxime groups is 1. The zero-order chi connectivity index (χ0) is 13.8. The van der Waals surface area contributed by atoms with Gasteiger partial charge in [-0.25, -0.2) is 0 Å². The van der Waals surface area contributed by atoms with Gasteiger partial charge in [0.15, 0.2) is 5.76 Å². The summed E-state index contributed by atoms with van der Waals surface area (Å²) in [6, 6.07) is 8.73. The lowest BCUT2D eigenvalue weighted by Gasteiger charge is -2.05. The lowest BCUT2D eigenvalue weighted by Crippen LogP contribution is -2.12. The van der Waals surface area contributed by atoms with E-state index < -0.39 is 0 Å². The van der Waals surface area contributed by atoms with E-state index in [0.717, 1.165) is 11.1 Å². The molecule has 0 saturated heterocycles. The van der Waals surface area contributed by atoms with E-state index >= 15 is 0 Å². The van der Waals surface area contributed by atoms with E-state index in [4.69, 9.17) is 9.62 Å². The largest absolute Gasteiger partial charge is 0.459 e. The first kappa shape index (κ1) is 12.9. The second kappa shape index (κ2) is 5.39. The SMILES string of the molecule is C/C(=N\O)c1ccc(NC(=O)c2occc2C)cc1. The summed E-state index contributed by atoms with van der Waals surface area (Å²) in [7, 11) is 0. The van der Waals surface area contributed by atoms with Crippen LogP contribution in [-0.2, 0) is 0 Å². The predicted octanol–water partition coefficient (Wildman–Crippen LogP) is 3.04. The fourth-order valence-electron chi connectivity index (χ4n) is 1.65.